The van der Waals surface area contributed by atoms with Crippen molar-refractivity contribution in [1.82, 2.24) is 10.3 Å². The molecule has 2 heteroatoms. The molecule has 2 aromatic rings. The fourth-order valence-corrected chi connectivity index (χ4v) is 3.13. The smallest absolute Gasteiger partial charge is 0.0605 e. The third kappa shape index (κ3) is 2.61. The van der Waals surface area contributed by atoms with Crippen LogP contribution in [0.2, 0.25) is 0 Å². The first kappa shape index (κ1) is 13.3. The van der Waals surface area contributed by atoms with Crippen LogP contribution in [0, 0.1) is 5.92 Å². The van der Waals surface area contributed by atoms with Crippen molar-refractivity contribution in [2.45, 2.75) is 38.8 Å². The summed E-state index contributed by atoms with van der Waals surface area (Å²) < 4.78 is 0. The van der Waals surface area contributed by atoms with Gasteiger partial charge in [-0.15, -0.1) is 0 Å². The van der Waals surface area contributed by atoms with Crippen molar-refractivity contribution in [3.63, 3.8) is 0 Å². The summed E-state index contributed by atoms with van der Waals surface area (Å²) in [5, 5.41) is 3.83. The van der Waals surface area contributed by atoms with Crippen LogP contribution < -0.4 is 5.32 Å². The molecule has 2 atom stereocenters. The average Bonchev–Trinajstić information content (AvgIpc) is 2.88. The number of nitrogens with one attached hydrogen (secondary N) is 1. The standard InChI is InChI=1S/C18H22N2/c1-13(2)17(14-7-4-3-5-8-14)20-16-11-10-15-9-6-12-19-18(15)16/h3-9,12-13,16-17,20H,10-11H2,1-2H3. The summed E-state index contributed by atoms with van der Waals surface area (Å²) in [6.45, 7) is 4.55. The lowest BCUT2D eigenvalue weighted by molar-refractivity contribution is 0.358. The highest BCUT2D eigenvalue weighted by Crippen LogP contribution is 2.33. The molecule has 1 aromatic carbocycles. The van der Waals surface area contributed by atoms with Gasteiger partial charge in [0.1, 0.15) is 0 Å². The number of hydrogen-bond acceptors (Lipinski definition) is 2. The summed E-state index contributed by atoms with van der Waals surface area (Å²) in [7, 11) is 0. The maximum Gasteiger partial charge on any atom is 0.0605 e. The Balaban J connectivity index is 1.82. The molecular weight excluding hydrogens is 244 g/mol. The van der Waals surface area contributed by atoms with Crippen LogP contribution in [0.5, 0.6) is 0 Å². The summed E-state index contributed by atoms with van der Waals surface area (Å²) in [4.78, 5) is 4.58. The van der Waals surface area contributed by atoms with E-state index in [1.807, 2.05) is 12.3 Å². The first-order valence-corrected chi connectivity index (χ1v) is 7.50. The highest BCUT2D eigenvalue weighted by Gasteiger charge is 2.27. The molecule has 1 aliphatic rings. The van der Waals surface area contributed by atoms with Crippen LogP contribution in [0.4, 0.5) is 0 Å². The molecule has 2 unspecified atom stereocenters. The van der Waals surface area contributed by atoms with Gasteiger partial charge in [0, 0.05) is 12.2 Å². The van der Waals surface area contributed by atoms with Crippen LogP contribution in [0.3, 0.4) is 0 Å². The van der Waals surface area contributed by atoms with Crippen molar-refractivity contribution >= 4 is 0 Å². The van der Waals surface area contributed by atoms with Gasteiger partial charge in [-0.1, -0.05) is 50.2 Å². The first-order valence-electron chi connectivity index (χ1n) is 7.50. The first-order chi connectivity index (χ1) is 9.75. The van der Waals surface area contributed by atoms with E-state index in [9.17, 15) is 0 Å². The Hall–Kier alpha value is -1.67. The van der Waals surface area contributed by atoms with Crippen LogP contribution in [0.25, 0.3) is 0 Å². The molecule has 1 aromatic heterocycles. The SMILES string of the molecule is CC(C)C(NC1CCc2cccnc21)c1ccccc1. The van der Waals surface area contributed by atoms with E-state index in [4.69, 9.17) is 0 Å². The largest absolute Gasteiger partial charge is 0.301 e. The number of hydrogen-bond donors (Lipinski definition) is 1. The Morgan fingerprint density at radius 3 is 2.65 bits per heavy atom. The van der Waals surface area contributed by atoms with Crippen molar-refractivity contribution in [3.05, 3.63) is 65.5 Å². The summed E-state index contributed by atoms with van der Waals surface area (Å²) >= 11 is 0. The summed E-state index contributed by atoms with van der Waals surface area (Å²) in [6.07, 6.45) is 4.20. The van der Waals surface area contributed by atoms with E-state index in [1.165, 1.54) is 16.8 Å². The van der Waals surface area contributed by atoms with Gasteiger partial charge in [0.05, 0.1) is 11.7 Å². The van der Waals surface area contributed by atoms with Crippen molar-refractivity contribution in [3.8, 4) is 0 Å². The second-order valence-electron chi connectivity index (χ2n) is 5.94. The number of rotatable bonds is 4. The van der Waals surface area contributed by atoms with E-state index in [0.29, 0.717) is 18.0 Å². The minimum absolute atomic E-state index is 0.383. The molecule has 0 radical (unpaired) electrons. The Morgan fingerprint density at radius 2 is 1.90 bits per heavy atom. The predicted molar refractivity (Wildman–Crippen MR) is 82.5 cm³/mol. The monoisotopic (exact) mass is 266 g/mol. The summed E-state index contributed by atoms with van der Waals surface area (Å²) in [6, 6.07) is 15.8. The minimum atomic E-state index is 0.383. The van der Waals surface area contributed by atoms with Crippen LogP contribution in [-0.2, 0) is 6.42 Å². The van der Waals surface area contributed by atoms with E-state index >= 15 is 0 Å². The second-order valence-corrected chi connectivity index (χ2v) is 5.94. The molecule has 0 aliphatic heterocycles. The number of pyridine rings is 1. The van der Waals surface area contributed by atoms with Crippen molar-refractivity contribution in [1.29, 1.82) is 0 Å². The normalized spacial score (nSPS) is 19.1. The van der Waals surface area contributed by atoms with E-state index in [0.717, 1.165) is 12.8 Å². The second kappa shape index (κ2) is 5.76. The highest BCUT2D eigenvalue weighted by atomic mass is 15.0. The molecule has 3 rings (SSSR count). The average molecular weight is 266 g/mol. The third-order valence-corrected chi connectivity index (χ3v) is 4.16. The highest BCUT2D eigenvalue weighted by molar-refractivity contribution is 5.29. The van der Waals surface area contributed by atoms with E-state index in [1.54, 1.807) is 0 Å². The zero-order valence-electron chi connectivity index (χ0n) is 12.2. The zero-order chi connectivity index (χ0) is 13.9. The topological polar surface area (TPSA) is 24.9 Å². The molecule has 0 spiro atoms. The fraction of sp³-hybridized carbons (Fsp3) is 0.389. The van der Waals surface area contributed by atoms with Gasteiger partial charge in [0.25, 0.3) is 0 Å². The molecule has 0 bridgehead atoms. The van der Waals surface area contributed by atoms with Crippen molar-refractivity contribution in [2.75, 3.05) is 0 Å². The lowest BCUT2D eigenvalue weighted by atomic mass is 9.95. The number of aromatic nitrogens is 1. The molecule has 2 nitrogen and oxygen atoms in total. The molecule has 1 heterocycles. The van der Waals surface area contributed by atoms with E-state index in [-0.39, 0.29) is 0 Å². The van der Waals surface area contributed by atoms with Crippen molar-refractivity contribution < 1.29 is 0 Å². The minimum Gasteiger partial charge on any atom is -0.301 e. The van der Waals surface area contributed by atoms with Gasteiger partial charge in [-0.05, 0) is 36.0 Å². The molecule has 1 aliphatic carbocycles. The van der Waals surface area contributed by atoms with Gasteiger partial charge >= 0.3 is 0 Å². The van der Waals surface area contributed by atoms with Gasteiger partial charge in [-0.25, -0.2) is 0 Å². The molecule has 0 saturated carbocycles. The number of benzene rings is 1. The summed E-state index contributed by atoms with van der Waals surface area (Å²) in [5.41, 5.74) is 4.02. The Bertz CT molecular complexity index is 563. The number of nitrogens with zero attached hydrogens (tertiary/aromatic N) is 1. The van der Waals surface area contributed by atoms with Gasteiger partial charge in [-0.3, -0.25) is 4.98 Å². The zero-order valence-corrected chi connectivity index (χ0v) is 12.2. The fourth-order valence-electron chi connectivity index (χ4n) is 3.13. The van der Waals surface area contributed by atoms with Crippen LogP contribution >= 0.6 is 0 Å². The van der Waals surface area contributed by atoms with Crippen LogP contribution in [0.1, 0.15) is 49.2 Å². The van der Waals surface area contributed by atoms with Crippen molar-refractivity contribution in [2.24, 2.45) is 5.92 Å². The molecule has 0 fully saturated rings. The van der Waals surface area contributed by atoms with E-state index in [2.05, 4.69) is 60.5 Å². The Kier molecular flexibility index (Phi) is 3.83. The molecule has 20 heavy (non-hydrogen) atoms. The lowest BCUT2D eigenvalue weighted by Crippen LogP contribution is -2.29. The lowest BCUT2D eigenvalue weighted by Gasteiger charge is -2.27. The molecule has 1 N–H and O–H groups in total. The number of aryl methyl sites for hydroxylation is 1. The Morgan fingerprint density at radius 1 is 1.10 bits per heavy atom. The molecular formula is C18H22N2. The van der Waals surface area contributed by atoms with Crippen LogP contribution in [0.15, 0.2) is 48.7 Å². The number of fused-ring (bicyclic) bond motifs is 1. The van der Waals surface area contributed by atoms with Gasteiger partial charge < -0.3 is 5.32 Å². The maximum absolute atomic E-state index is 4.58. The molecule has 0 saturated heterocycles. The quantitative estimate of drug-likeness (QED) is 0.903. The maximum atomic E-state index is 4.58. The summed E-state index contributed by atoms with van der Waals surface area (Å²) in [5.74, 6) is 0.560. The van der Waals surface area contributed by atoms with Crippen LogP contribution in [-0.4, -0.2) is 4.98 Å². The molecule has 104 valence electrons. The van der Waals surface area contributed by atoms with Gasteiger partial charge in [-0.2, -0.15) is 0 Å². The van der Waals surface area contributed by atoms with Gasteiger partial charge in [0.2, 0.25) is 0 Å². The van der Waals surface area contributed by atoms with Gasteiger partial charge in [0.15, 0.2) is 0 Å². The molecule has 0 amide bonds. The van der Waals surface area contributed by atoms with E-state index < -0.39 is 0 Å². The Labute approximate surface area is 121 Å². The third-order valence-electron chi connectivity index (χ3n) is 4.16. The predicted octanol–water partition coefficient (Wildman–Crippen LogP) is 4.06.